The summed E-state index contributed by atoms with van der Waals surface area (Å²) in [6, 6.07) is 6.64. The Bertz CT molecular complexity index is 1070. The van der Waals surface area contributed by atoms with E-state index in [1.54, 1.807) is 24.3 Å². The van der Waals surface area contributed by atoms with Crippen molar-refractivity contribution in [1.29, 1.82) is 0 Å². The van der Waals surface area contributed by atoms with Gasteiger partial charge in [0, 0.05) is 28.9 Å². The zero-order chi connectivity index (χ0) is 19.6. The van der Waals surface area contributed by atoms with Gasteiger partial charge in [-0.05, 0) is 37.1 Å². The monoisotopic (exact) mass is 407 g/mol. The largest absolute Gasteiger partial charge is 0.419 e. The van der Waals surface area contributed by atoms with Gasteiger partial charge >= 0.3 is 5.76 Å². The molecule has 0 fully saturated rings. The van der Waals surface area contributed by atoms with E-state index in [0.29, 0.717) is 21.0 Å². The summed E-state index contributed by atoms with van der Waals surface area (Å²) in [5.74, 6) is -1.34. The second-order valence-electron chi connectivity index (χ2n) is 5.95. The number of oxazole rings is 1. The fourth-order valence-corrected chi connectivity index (χ4v) is 3.87. The normalized spacial score (nSPS) is 10.9. The molecule has 142 valence electrons. The maximum Gasteiger partial charge on any atom is 0.419 e. The first-order chi connectivity index (χ1) is 12.9. The molecular formula is C18H18ClN3O4S. The van der Waals surface area contributed by atoms with E-state index in [2.05, 4.69) is 10.9 Å². The number of aromatic nitrogens is 1. The third-order valence-corrected chi connectivity index (χ3v) is 5.69. The molecule has 0 radical (unpaired) electrons. The van der Waals surface area contributed by atoms with E-state index in [9.17, 15) is 14.4 Å². The highest BCUT2D eigenvalue weighted by Crippen LogP contribution is 2.22. The molecule has 2 aromatic heterocycles. The minimum atomic E-state index is -0.565. The number of amides is 2. The van der Waals surface area contributed by atoms with E-state index < -0.39 is 11.7 Å². The number of aryl methyl sites for hydroxylation is 3. The first-order valence-electron chi connectivity index (χ1n) is 8.36. The Morgan fingerprint density at radius 3 is 2.74 bits per heavy atom. The maximum absolute atomic E-state index is 12.1. The van der Waals surface area contributed by atoms with Crippen LogP contribution in [0.1, 0.15) is 33.5 Å². The Kier molecular flexibility index (Phi) is 5.67. The minimum Gasteiger partial charge on any atom is -0.408 e. The number of carbonyl (C=O) groups is 2. The van der Waals surface area contributed by atoms with Gasteiger partial charge in [0.2, 0.25) is 5.91 Å². The second kappa shape index (κ2) is 7.98. The number of rotatable bonds is 5. The Balaban J connectivity index is 1.58. The highest BCUT2D eigenvalue weighted by atomic mass is 35.5. The van der Waals surface area contributed by atoms with Crippen molar-refractivity contribution in [2.45, 2.75) is 33.2 Å². The number of benzene rings is 1. The number of hydrogen-bond acceptors (Lipinski definition) is 5. The maximum atomic E-state index is 12.1. The lowest BCUT2D eigenvalue weighted by atomic mass is 10.2. The molecule has 0 bridgehead atoms. The van der Waals surface area contributed by atoms with E-state index in [0.717, 1.165) is 16.9 Å². The molecular weight excluding hydrogens is 390 g/mol. The SMILES string of the molecule is CCc1sc(C(=O)NNC(=O)CCn2c(=O)oc3cc(Cl)ccc32)cc1C. The van der Waals surface area contributed by atoms with Crippen molar-refractivity contribution in [3.8, 4) is 0 Å². The summed E-state index contributed by atoms with van der Waals surface area (Å²) < 4.78 is 6.47. The predicted octanol–water partition coefficient (Wildman–Crippen LogP) is 3.03. The summed E-state index contributed by atoms with van der Waals surface area (Å²) in [4.78, 5) is 37.7. The van der Waals surface area contributed by atoms with Crippen LogP contribution in [0.4, 0.5) is 0 Å². The highest BCUT2D eigenvalue weighted by molar-refractivity contribution is 7.14. The van der Waals surface area contributed by atoms with Crippen molar-refractivity contribution in [2.75, 3.05) is 0 Å². The van der Waals surface area contributed by atoms with Crippen LogP contribution in [-0.2, 0) is 17.8 Å². The molecule has 0 aliphatic heterocycles. The number of thiophene rings is 1. The lowest BCUT2D eigenvalue weighted by Crippen LogP contribution is -2.41. The van der Waals surface area contributed by atoms with Gasteiger partial charge in [-0.2, -0.15) is 0 Å². The number of nitrogens with one attached hydrogen (secondary N) is 2. The summed E-state index contributed by atoms with van der Waals surface area (Å²) >= 11 is 7.28. The Labute approximate surface area is 163 Å². The molecule has 0 saturated heterocycles. The van der Waals surface area contributed by atoms with Gasteiger partial charge < -0.3 is 4.42 Å². The summed E-state index contributed by atoms with van der Waals surface area (Å²) in [7, 11) is 0. The van der Waals surface area contributed by atoms with Crippen LogP contribution in [0.3, 0.4) is 0 Å². The van der Waals surface area contributed by atoms with Crippen LogP contribution >= 0.6 is 22.9 Å². The predicted molar refractivity (Wildman–Crippen MR) is 104 cm³/mol. The summed E-state index contributed by atoms with van der Waals surface area (Å²) in [6.45, 7) is 4.09. The van der Waals surface area contributed by atoms with E-state index >= 15 is 0 Å². The molecule has 9 heteroatoms. The van der Waals surface area contributed by atoms with Crippen LogP contribution in [0.15, 0.2) is 33.5 Å². The molecule has 2 amide bonds. The molecule has 0 unspecified atom stereocenters. The Morgan fingerprint density at radius 1 is 1.26 bits per heavy atom. The molecule has 0 spiro atoms. The van der Waals surface area contributed by atoms with Crippen molar-refractivity contribution >= 4 is 45.9 Å². The molecule has 0 saturated carbocycles. The highest BCUT2D eigenvalue weighted by Gasteiger charge is 2.14. The molecule has 0 aliphatic rings. The molecule has 0 aliphatic carbocycles. The average molecular weight is 408 g/mol. The smallest absolute Gasteiger partial charge is 0.408 e. The van der Waals surface area contributed by atoms with Crippen LogP contribution in [0.5, 0.6) is 0 Å². The number of nitrogens with zero attached hydrogens (tertiary/aromatic N) is 1. The quantitative estimate of drug-likeness (QED) is 0.636. The van der Waals surface area contributed by atoms with Crippen LogP contribution in [0.2, 0.25) is 5.02 Å². The molecule has 2 heterocycles. The van der Waals surface area contributed by atoms with E-state index in [1.807, 2.05) is 13.8 Å². The van der Waals surface area contributed by atoms with Crippen LogP contribution in [0, 0.1) is 6.92 Å². The molecule has 27 heavy (non-hydrogen) atoms. The molecule has 1 aromatic carbocycles. The first-order valence-corrected chi connectivity index (χ1v) is 9.56. The standard InChI is InChI=1S/C18H18ClN3O4S/c1-3-14-10(2)8-15(27-14)17(24)21-20-16(23)6-7-22-12-5-4-11(19)9-13(12)26-18(22)25/h4-5,8-9H,3,6-7H2,1-2H3,(H,20,23)(H,21,24). The lowest BCUT2D eigenvalue weighted by Gasteiger charge is -2.06. The van der Waals surface area contributed by atoms with Gasteiger partial charge in [0.15, 0.2) is 5.58 Å². The topological polar surface area (TPSA) is 93.3 Å². The number of hydrogen-bond donors (Lipinski definition) is 2. The van der Waals surface area contributed by atoms with Gasteiger partial charge in [0.05, 0.1) is 10.4 Å². The third-order valence-electron chi connectivity index (χ3n) is 4.07. The number of hydrazine groups is 1. The zero-order valence-electron chi connectivity index (χ0n) is 14.8. The minimum absolute atomic E-state index is 0.00112. The fourth-order valence-electron chi connectivity index (χ4n) is 2.70. The average Bonchev–Trinajstić information content (AvgIpc) is 3.16. The van der Waals surface area contributed by atoms with Crippen LogP contribution in [-0.4, -0.2) is 16.4 Å². The molecule has 3 rings (SSSR count). The van der Waals surface area contributed by atoms with E-state index in [4.69, 9.17) is 16.0 Å². The van der Waals surface area contributed by atoms with Crippen molar-refractivity contribution in [3.63, 3.8) is 0 Å². The zero-order valence-corrected chi connectivity index (χ0v) is 16.4. The van der Waals surface area contributed by atoms with Crippen molar-refractivity contribution in [3.05, 3.63) is 55.2 Å². The van der Waals surface area contributed by atoms with Crippen LogP contribution in [0.25, 0.3) is 11.1 Å². The number of carbonyl (C=O) groups excluding carboxylic acids is 2. The lowest BCUT2D eigenvalue weighted by molar-refractivity contribution is -0.122. The molecule has 3 aromatic rings. The van der Waals surface area contributed by atoms with Gasteiger partial charge in [-0.1, -0.05) is 18.5 Å². The van der Waals surface area contributed by atoms with Crippen molar-refractivity contribution < 1.29 is 14.0 Å². The first kappa shape index (κ1) is 19.2. The van der Waals surface area contributed by atoms with Gasteiger partial charge in [0.1, 0.15) is 0 Å². The number of fused-ring (bicyclic) bond motifs is 1. The fraction of sp³-hybridized carbons (Fsp3) is 0.278. The van der Waals surface area contributed by atoms with E-state index in [-0.39, 0.29) is 18.9 Å². The summed E-state index contributed by atoms with van der Waals surface area (Å²) in [5.41, 5.74) is 6.74. The second-order valence-corrected chi connectivity index (χ2v) is 7.53. The molecule has 0 atom stereocenters. The summed E-state index contributed by atoms with van der Waals surface area (Å²) in [6.07, 6.45) is 0.857. The van der Waals surface area contributed by atoms with E-state index in [1.165, 1.54) is 15.9 Å². The Hall–Kier alpha value is -2.58. The van der Waals surface area contributed by atoms with Crippen LogP contribution < -0.4 is 16.6 Å². The van der Waals surface area contributed by atoms with Gasteiger partial charge in [-0.25, -0.2) is 4.79 Å². The van der Waals surface area contributed by atoms with Crippen molar-refractivity contribution in [1.82, 2.24) is 15.4 Å². The number of halogens is 1. The van der Waals surface area contributed by atoms with Gasteiger partial charge in [-0.3, -0.25) is 25.0 Å². The van der Waals surface area contributed by atoms with Gasteiger partial charge in [0.25, 0.3) is 5.91 Å². The summed E-state index contributed by atoms with van der Waals surface area (Å²) in [5, 5.41) is 0.457. The Morgan fingerprint density at radius 2 is 2.04 bits per heavy atom. The molecule has 7 nitrogen and oxygen atoms in total. The third kappa shape index (κ3) is 4.23. The van der Waals surface area contributed by atoms with Crippen molar-refractivity contribution in [2.24, 2.45) is 0 Å². The molecule has 2 N–H and O–H groups in total. The van der Waals surface area contributed by atoms with Gasteiger partial charge in [-0.15, -0.1) is 11.3 Å².